The fraction of sp³-hybridized carbons (Fsp3) is 0.545. The van der Waals surface area contributed by atoms with Crippen LogP contribution in [0.15, 0.2) is 22.4 Å². The van der Waals surface area contributed by atoms with Crippen LogP contribution in [-0.4, -0.2) is 56.1 Å². The average Bonchev–Trinajstić information content (AvgIpc) is 3.06. The van der Waals surface area contributed by atoms with Gasteiger partial charge in [0.15, 0.2) is 5.13 Å². The Morgan fingerprint density at radius 3 is 2.44 bits per heavy atom. The molecule has 8 nitrogen and oxygen atoms in total. The van der Waals surface area contributed by atoms with Crippen LogP contribution in [0, 0.1) is 20.8 Å². The summed E-state index contributed by atoms with van der Waals surface area (Å²) in [6.45, 7) is 12.0. The summed E-state index contributed by atoms with van der Waals surface area (Å²) in [7, 11) is -3.69. The second-order valence-corrected chi connectivity index (χ2v) is 11.1. The monoisotopic (exact) mass is 480 g/mol. The molecule has 10 heteroatoms. The standard InChI is InChI=1S/C22H32N4O4S2/c1-14-8-15(2)21(16(3)9-14)32(28,29)23-7-6-20(27)25-22-24-19(13-31-22)12-26-10-17(4)30-18(5)11-26/h8-9,13,17-18,23H,6-7,10-12H2,1-5H3,(H,24,25,27)/t17-,18-/m0/s1. The van der Waals surface area contributed by atoms with E-state index in [9.17, 15) is 13.2 Å². The van der Waals surface area contributed by atoms with E-state index < -0.39 is 10.0 Å². The highest BCUT2D eigenvalue weighted by Crippen LogP contribution is 2.22. The van der Waals surface area contributed by atoms with Crippen LogP contribution < -0.4 is 10.0 Å². The minimum absolute atomic E-state index is 0.0166. The summed E-state index contributed by atoms with van der Waals surface area (Å²) in [4.78, 5) is 19.4. The SMILES string of the molecule is Cc1cc(C)c(S(=O)(=O)NCCC(=O)Nc2nc(CN3C[C@H](C)O[C@@H](C)C3)cs2)c(C)c1. The van der Waals surface area contributed by atoms with Crippen molar-refractivity contribution in [1.29, 1.82) is 0 Å². The van der Waals surface area contributed by atoms with Gasteiger partial charge in [-0.15, -0.1) is 11.3 Å². The molecule has 1 aliphatic rings. The van der Waals surface area contributed by atoms with E-state index in [1.54, 1.807) is 13.8 Å². The van der Waals surface area contributed by atoms with E-state index in [1.807, 2.05) is 24.4 Å². The normalized spacial score (nSPS) is 19.8. The third-order valence-corrected chi connectivity index (χ3v) is 7.77. The predicted molar refractivity (Wildman–Crippen MR) is 126 cm³/mol. The van der Waals surface area contributed by atoms with Crippen LogP contribution in [0.3, 0.4) is 0 Å². The number of aryl methyl sites for hydroxylation is 3. The lowest BCUT2D eigenvalue weighted by molar-refractivity contribution is -0.116. The van der Waals surface area contributed by atoms with Crippen molar-refractivity contribution < 1.29 is 17.9 Å². The average molecular weight is 481 g/mol. The van der Waals surface area contributed by atoms with E-state index in [0.717, 1.165) is 24.3 Å². The number of ether oxygens (including phenoxy) is 1. The summed E-state index contributed by atoms with van der Waals surface area (Å²) in [6, 6.07) is 3.68. The number of carbonyl (C=O) groups excluding carboxylic acids is 1. The van der Waals surface area contributed by atoms with Crippen molar-refractivity contribution in [1.82, 2.24) is 14.6 Å². The number of sulfonamides is 1. The molecular formula is C22H32N4O4S2. The van der Waals surface area contributed by atoms with Crippen LogP contribution in [0.1, 0.15) is 42.7 Å². The van der Waals surface area contributed by atoms with Crippen molar-refractivity contribution in [2.24, 2.45) is 0 Å². The van der Waals surface area contributed by atoms with E-state index in [2.05, 4.69) is 33.8 Å². The van der Waals surface area contributed by atoms with Crippen LogP contribution in [0.4, 0.5) is 5.13 Å². The number of nitrogens with one attached hydrogen (secondary N) is 2. The highest BCUT2D eigenvalue weighted by atomic mass is 32.2. The van der Waals surface area contributed by atoms with Gasteiger partial charge in [-0.05, 0) is 45.7 Å². The molecule has 1 aliphatic heterocycles. The highest BCUT2D eigenvalue weighted by Gasteiger charge is 2.23. The van der Waals surface area contributed by atoms with Gasteiger partial charge in [-0.25, -0.2) is 18.1 Å². The highest BCUT2D eigenvalue weighted by molar-refractivity contribution is 7.89. The van der Waals surface area contributed by atoms with Gasteiger partial charge in [0.2, 0.25) is 15.9 Å². The van der Waals surface area contributed by atoms with Crippen LogP contribution in [0.5, 0.6) is 0 Å². The molecule has 0 radical (unpaired) electrons. The molecule has 0 saturated carbocycles. The summed E-state index contributed by atoms with van der Waals surface area (Å²) in [5, 5.41) is 5.22. The van der Waals surface area contributed by atoms with Crippen molar-refractivity contribution in [2.75, 3.05) is 25.0 Å². The lowest BCUT2D eigenvalue weighted by Gasteiger charge is -2.34. The van der Waals surface area contributed by atoms with Crippen molar-refractivity contribution in [2.45, 2.75) is 64.7 Å². The van der Waals surface area contributed by atoms with Gasteiger partial charge in [-0.3, -0.25) is 9.69 Å². The maximum absolute atomic E-state index is 12.7. The Balaban J connectivity index is 1.49. The lowest BCUT2D eigenvalue weighted by atomic mass is 10.1. The summed E-state index contributed by atoms with van der Waals surface area (Å²) in [5.74, 6) is -0.278. The first-order valence-corrected chi connectivity index (χ1v) is 13.1. The number of amides is 1. The lowest BCUT2D eigenvalue weighted by Crippen LogP contribution is -2.44. The smallest absolute Gasteiger partial charge is 0.241 e. The van der Waals surface area contributed by atoms with Gasteiger partial charge >= 0.3 is 0 Å². The second-order valence-electron chi connectivity index (χ2n) is 8.52. The van der Waals surface area contributed by atoms with Gasteiger partial charge in [0.1, 0.15) is 0 Å². The zero-order chi connectivity index (χ0) is 23.5. The maximum Gasteiger partial charge on any atom is 0.241 e. The molecule has 2 atom stereocenters. The van der Waals surface area contributed by atoms with E-state index in [4.69, 9.17) is 4.74 Å². The first kappa shape index (κ1) is 24.8. The zero-order valence-corrected chi connectivity index (χ0v) is 20.9. The largest absolute Gasteiger partial charge is 0.373 e. The number of nitrogens with zero attached hydrogens (tertiary/aromatic N) is 2. The van der Waals surface area contributed by atoms with Crippen LogP contribution in [-0.2, 0) is 26.1 Å². The number of hydrogen-bond donors (Lipinski definition) is 2. The maximum atomic E-state index is 12.7. The molecule has 1 fully saturated rings. The molecule has 1 saturated heterocycles. The van der Waals surface area contributed by atoms with E-state index in [0.29, 0.717) is 22.8 Å². The zero-order valence-electron chi connectivity index (χ0n) is 19.3. The van der Waals surface area contributed by atoms with Gasteiger partial charge < -0.3 is 10.1 Å². The second kappa shape index (κ2) is 10.4. The molecule has 2 aromatic rings. The number of aromatic nitrogens is 1. The molecule has 32 heavy (non-hydrogen) atoms. The predicted octanol–water partition coefficient (Wildman–Crippen LogP) is 2.98. The Morgan fingerprint density at radius 1 is 1.19 bits per heavy atom. The van der Waals surface area contributed by atoms with Crippen molar-refractivity contribution in [3.05, 3.63) is 39.9 Å². The van der Waals surface area contributed by atoms with Crippen molar-refractivity contribution >= 4 is 32.4 Å². The molecule has 0 aliphatic carbocycles. The summed E-state index contributed by atoms with van der Waals surface area (Å²) in [6.07, 6.45) is 0.400. The third-order valence-electron chi connectivity index (χ3n) is 5.20. The van der Waals surface area contributed by atoms with E-state index in [1.165, 1.54) is 11.3 Å². The molecule has 0 bridgehead atoms. The number of anilines is 1. The fourth-order valence-corrected chi connectivity index (χ4v) is 6.42. The third kappa shape index (κ3) is 6.58. The Kier molecular flexibility index (Phi) is 8.05. The number of thiazole rings is 1. The van der Waals surface area contributed by atoms with Crippen molar-refractivity contribution in [3.63, 3.8) is 0 Å². The molecule has 2 N–H and O–H groups in total. The van der Waals surface area contributed by atoms with Gasteiger partial charge in [-0.2, -0.15) is 0 Å². The number of hydrogen-bond acceptors (Lipinski definition) is 7. The minimum Gasteiger partial charge on any atom is -0.373 e. The minimum atomic E-state index is -3.69. The Morgan fingerprint density at radius 2 is 1.81 bits per heavy atom. The molecule has 176 valence electrons. The summed E-state index contributed by atoms with van der Waals surface area (Å²) < 4.78 is 33.7. The molecule has 2 heterocycles. The molecule has 1 aromatic heterocycles. The molecule has 0 unspecified atom stereocenters. The fourth-order valence-electron chi connectivity index (χ4n) is 4.22. The number of morpholine rings is 1. The first-order valence-electron chi connectivity index (χ1n) is 10.7. The molecular weight excluding hydrogens is 448 g/mol. The Bertz CT molecular complexity index is 1030. The van der Waals surface area contributed by atoms with Crippen LogP contribution in [0.25, 0.3) is 0 Å². The van der Waals surface area contributed by atoms with Gasteiger partial charge in [0.05, 0.1) is 22.8 Å². The first-order chi connectivity index (χ1) is 15.0. The number of benzene rings is 1. The van der Waals surface area contributed by atoms with Crippen LogP contribution >= 0.6 is 11.3 Å². The molecule has 1 aromatic carbocycles. The molecule has 3 rings (SSSR count). The Labute approximate surface area is 194 Å². The number of rotatable bonds is 8. The van der Waals surface area contributed by atoms with Crippen molar-refractivity contribution in [3.8, 4) is 0 Å². The van der Waals surface area contributed by atoms with Gasteiger partial charge in [0, 0.05) is 38.0 Å². The van der Waals surface area contributed by atoms with Gasteiger partial charge in [0.25, 0.3) is 0 Å². The topological polar surface area (TPSA) is 101 Å². The van der Waals surface area contributed by atoms with E-state index >= 15 is 0 Å². The number of carbonyl (C=O) groups is 1. The van der Waals surface area contributed by atoms with Crippen LogP contribution in [0.2, 0.25) is 0 Å². The quantitative estimate of drug-likeness (QED) is 0.602. The van der Waals surface area contributed by atoms with Gasteiger partial charge in [-0.1, -0.05) is 17.7 Å². The summed E-state index contributed by atoms with van der Waals surface area (Å²) >= 11 is 1.37. The summed E-state index contributed by atoms with van der Waals surface area (Å²) in [5.41, 5.74) is 3.30. The molecule has 1 amide bonds. The molecule has 0 spiro atoms. The van der Waals surface area contributed by atoms with E-state index in [-0.39, 0.29) is 36.0 Å². The Hall–Kier alpha value is -1.85.